The number of amides is 3. The van der Waals surface area contributed by atoms with E-state index in [0.717, 1.165) is 11.1 Å². The maximum Gasteiger partial charge on any atom is 0.318 e. The molecule has 0 bridgehead atoms. The van der Waals surface area contributed by atoms with E-state index >= 15 is 0 Å². The van der Waals surface area contributed by atoms with Gasteiger partial charge in [0.1, 0.15) is 5.15 Å². The van der Waals surface area contributed by atoms with Crippen molar-refractivity contribution in [2.45, 2.75) is 46.3 Å². The van der Waals surface area contributed by atoms with E-state index in [2.05, 4.69) is 5.32 Å². The summed E-state index contributed by atoms with van der Waals surface area (Å²) in [5.41, 5.74) is 9.00. The van der Waals surface area contributed by atoms with Crippen LogP contribution in [0.25, 0.3) is 11.1 Å². The summed E-state index contributed by atoms with van der Waals surface area (Å²) in [5.74, 6) is -0.541. The van der Waals surface area contributed by atoms with Crippen molar-refractivity contribution < 1.29 is 9.59 Å². The molecule has 0 spiro atoms. The summed E-state index contributed by atoms with van der Waals surface area (Å²) < 4.78 is 1.89. The fraction of sp³-hybridized carbons (Fsp3) is 0.400. The van der Waals surface area contributed by atoms with Crippen LogP contribution < -0.4 is 11.1 Å². The lowest BCUT2D eigenvalue weighted by atomic mass is 10.0. The molecule has 3 N–H and O–H groups in total. The maximum absolute atomic E-state index is 12.6. The van der Waals surface area contributed by atoms with Gasteiger partial charge in [-0.2, -0.15) is 0 Å². The average Bonchev–Trinajstić information content (AvgIpc) is 2.86. The summed E-state index contributed by atoms with van der Waals surface area (Å²) in [7, 11) is 0. The molecular weight excluding hydrogens is 364 g/mol. The Bertz CT molecular complexity index is 911. The molecule has 144 valence electrons. The van der Waals surface area contributed by atoms with Crippen LogP contribution in [0, 0.1) is 6.92 Å². The number of carbonyl (C=O) groups is 2. The smallest absolute Gasteiger partial charge is 0.318 e. The number of aryl methyl sites for hydroxylation is 1. The van der Waals surface area contributed by atoms with Gasteiger partial charge in [-0.25, -0.2) is 4.79 Å². The number of urea groups is 1. The Morgan fingerprint density at radius 2 is 1.93 bits per heavy atom. The number of nitrogens with one attached hydrogen (secondary N) is 1. The van der Waals surface area contributed by atoms with Gasteiger partial charge in [0.05, 0.1) is 17.8 Å². The fourth-order valence-electron chi connectivity index (χ4n) is 3.42. The third-order valence-corrected chi connectivity index (χ3v) is 4.96. The second-order valence-corrected chi connectivity index (χ2v) is 8.33. The summed E-state index contributed by atoms with van der Waals surface area (Å²) in [6.45, 7) is 9.07. The first kappa shape index (κ1) is 19.3. The molecule has 1 aromatic carbocycles. The molecule has 2 aromatic rings. The van der Waals surface area contributed by atoms with Crippen molar-refractivity contribution in [1.29, 1.82) is 0 Å². The number of primary amides is 1. The fourth-order valence-corrected chi connectivity index (χ4v) is 3.81. The van der Waals surface area contributed by atoms with Gasteiger partial charge >= 0.3 is 6.03 Å². The molecule has 1 aliphatic heterocycles. The lowest BCUT2D eigenvalue weighted by Gasteiger charge is -2.32. The topological polar surface area (TPSA) is 80.4 Å². The molecule has 0 atom stereocenters. The summed E-state index contributed by atoms with van der Waals surface area (Å²) in [5, 5.41) is 3.44. The first-order valence-electron chi connectivity index (χ1n) is 8.93. The van der Waals surface area contributed by atoms with Gasteiger partial charge in [0, 0.05) is 24.2 Å². The van der Waals surface area contributed by atoms with E-state index in [4.69, 9.17) is 17.3 Å². The predicted octanol–water partition coefficient (Wildman–Crippen LogP) is 3.54. The molecule has 3 amide bonds. The number of benzene rings is 1. The third-order valence-electron chi connectivity index (χ3n) is 4.56. The van der Waals surface area contributed by atoms with Crippen LogP contribution in [0.3, 0.4) is 0 Å². The normalized spacial score (nSPS) is 14.0. The Labute approximate surface area is 164 Å². The van der Waals surface area contributed by atoms with Gasteiger partial charge < -0.3 is 20.5 Å². The van der Waals surface area contributed by atoms with Crippen molar-refractivity contribution in [2.75, 3.05) is 6.54 Å². The quantitative estimate of drug-likeness (QED) is 0.825. The van der Waals surface area contributed by atoms with E-state index in [1.54, 1.807) is 4.90 Å². The number of rotatable bonds is 2. The zero-order valence-corrected chi connectivity index (χ0v) is 16.9. The van der Waals surface area contributed by atoms with Crippen LogP contribution in [0.4, 0.5) is 4.79 Å². The highest BCUT2D eigenvalue weighted by Crippen LogP contribution is 2.38. The standard InChI is InChI=1S/C20H25ClN4O2/c1-12-6-5-7-13(10-12)15-16(18(22)26)14-11-24(8-9-25(14)17(15)21)19(27)23-20(2,3)4/h5-7,10H,8-9,11H2,1-4H3,(H2,22,26)(H,23,27). The lowest BCUT2D eigenvalue weighted by molar-refractivity contribution is 0.0997. The highest BCUT2D eigenvalue weighted by atomic mass is 35.5. The Balaban J connectivity index is 2.05. The molecule has 1 aromatic heterocycles. The molecule has 6 nitrogen and oxygen atoms in total. The van der Waals surface area contributed by atoms with Gasteiger partial charge in [-0.05, 0) is 33.3 Å². The highest BCUT2D eigenvalue weighted by molar-refractivity contribution is 6.33. The number of hydrogen-bond acceptors (Lipinski definition) is 2. The minimum Gasteiger partial charge on any atom is -0.366 e. The monoisotopic (exact) mass is 388 g/mol. The first-order chi connectivity index (χ1) is 12.6. The third kappa shape index (κ3) is 3.81. The molecule has 0 aliphatic carbocycles. The SMILES string of the molecule is Cc1cccc(-c2c(C(N)=O)c3n(c2Cl)CCN(C(=O)NC(C)(C)C)C3)c1. The van der Waals surface area contributed by atoms with Crippen molar-refractivity contribution in [3.8, 4) is 11.1 Å². The van der Waals surface area contributed by atoms with Crippen LogP contribution in [0.5, 0.6) is 0 Å². The van der Waals surface area contributed by atoms with Gasteiger partial charge in [-0.15, -0.1) is 0 Å². The number of nitrogens with zero attached hydrogens (tertiary/aromatic N) is 2. The zero-order valence-electron chi connectivity index (χ0n) is 16.1. The maximum atomic E-state index is 12.6. The van der Waals surface area contributed by atoms with E-state index in [0.29, 0.717) is 35.1 Å². The second kappa shape index (κ2) is 6.93. The van der Waals surface area contributed by atoms with Crippen LogP contribution in [0.2, 0.25) is 5.15 Å². The van der Waals surface area contributed by atoms with Crippen LogP contribution in [0.15, 0.2) is 24.3 Å². The average molecular weight is 389 g/mol. The Morgan fingerprint density at radius 1 is 1.22 bits per heavy atom. The van der Waals surface area contributed by atoms with E-state index < -0.39 is 5.91 Å². The number of nitrogens with two attached hydrogens (primary N) is 1. The van der Waals surface area contributed by atoms with E-state index in [1.807, 2.05) is 56.5 Å². The van der Waals surface area contributed by atoms with E-state index in [9.17, 15) is 9.59 Å². The van der Waals surface area contributed by atoms with Gasteiger partial charge in [-0.3, -0.25) is 4.79 Å². The van der Waals surface area contributed by atoms with Crippen LogP contribution in [0.1, 0.15) is 42.4 Å². The first-order valence-corrected chi connectivity index (χ1v) is 9.31. The number of aromatic nitrogens is 1. The highest BCUT2D eigenvalue weighted by Gasteiger charge is 2.32. The van der Waals surface area contributed by atoms with Crippen molar-refractivity contribution in [1.82, 2.24) is 14.8 Å². The lowest BCUT2D eigenvalue weighted by Crippen LogP contribution is -2.50. The number of hydrogen-bond donors (Lipinski definition) is 2. The van der Waals surface area contributed by atoms with Gasteiger partial charge in [0.2, 0.25) is 0 Å². The van der Waals surface area contributed by atoms with Crippen molar-refractivity contribution in [3.05, 3.63) is 46.2 Å². The van der Waals surface area contributed by atoms with Gasteiger partial charge in [0.15, 0.2) is 0 Å². The van der Waals surface area contributed by atoms with Crippen LogP contribution >= 0.6 is 11.6 Å². The molecule has 2 heterocycles. The molecule has 0 radical (unpaired) electrons. The van der Waals surface area contributed by atoms with Crippen molar-refractivity contribution in [3.63, 3.8) is 0 Å². The molecule has 3 rings (SSSR count). The minimum absolute atomic E-state index is 0.168. The van der Waals surface area contributed by atoms with E-state index in [1.165, 1.54) is 0 Å². The molecule has 0 saturated heterocycles. The second-order valence-electron chi connectivity index (χ2n) is 7.97. The predicted molar refractivity (Wildman–Crippen MR) is 107 cm³/mol. The molecule has 27 heavy (non-hydrogen) atoms. The van der Waals surface area contributed by atoms with Crippen LogP contribution in [-0.4, -0.2) is 33.5 Å². The zero-order chi connectivity index (χ0) is 19.9. The molecule has 0 fully saturated rings. The number of carbonyl (C=O) groups excluding carboxylic acids is 2. The van der Waals surface area contributed by atoms with Crippen LogP contribution in [-0.2, 0) is 13.1 Å². The summed E-state index contributed by atoms with van der Waals surface area (Å²) in [4.78, 5) is 26.6. The Hall–Kier alpha value is -2.47. The minimum atomic E-state index is -0.541. The number of halogens is 1. The largest absolute Gasteiger partial charge is 0.366 e. The summed E-state index contributed by atoms with van der Waals surface area (Å²) in [6.07, 6.45) is 0. The molecule has 0 saturated carbocycles. The molecular formula is C20H25ClN4O2. The van der Waals surface area contributed by atoms with Crippen molar-refractivity contribution in [2.24, 2.45) is 5.73 Å². The molecule has 7 heteroatoms. The molecule has 1 aliphatic rings. The summed E-state index contributed by atoms with van der Waals surface area (Å²) in [6, 6.07) is 7.63. The Kier molecular flexibility index (Phi) is 4.95. The van der Waals surface area contributed by atoms with Gasteiger partial charge in [-0.1, -0.05) is 41.4 Å². The number of fused-ring (bicyclic) bond motifs is 1. The van der Waals surface area contributed by atoms with E-state index in [-0.39, 0.29) is 18.1 Å². The summed E-state index contributed by atoms with van der Waals surface area (Å²) >= 11 is 6.65. The van der Waals surface area contributed by atoms with Crippen molar-refractivity contribution >= 4 is 23.5 Å². The van der Waals surface area contributed by atoms with Gasteiger partial charge in [0.25, 0.3) is 5.91 Å². The Morgan fingerprint density at radius 3 is 2.52 bits per heavy atom. The molecule has 0 unspecified atom stereocenters.